The highest BCUT2D eigenvalue weighted by Gasteiger charge is 2.28. The lowest BCUT2D eigenvalue weighted by Crippen LogP contribution is -2.21. The summed E-state index contributed by atoms with van der Waals surface area (Å²) in [5, 5.41) is 0. The molecule has 0 N–H and O–H groups in total. The van der Waals surface area contributed by atoms with E-state index >= 15 is 0 Å². The van der Waals surface area contributed by atoms with Crippen molar-refractivity contribution in [2.75, 3.05) is 0 Å². The topological polar surface area (TPSA) is 29.4 Å². The number of hydrogen-bond acceptors (Lipinski definition) is 2. The summed E-state index contributed by atoms with van der Waals surface area (Å²) in [6.07, 6.45) is 6.04. The number of nitrogens with zero attached hydrogens (tertiary/aromatic N) is 1. The van der Waals surface area contributed by atoms with Crippen molar-refractivity contribution in [3.63, 3.8) is 0 Å². The summed E-state index contributed by atoms with van der Waals surface area (Å²) >= 11 is 0. The van der Waals surface area contributed by atoms with Crippen LogP contribution in [0.5, 0.6) is 0 Å². The van der Waals surface area contributed by atoms with Gasteiger partial charge in [0.05, 0.1) is 12.3 Å². The van der Waals surface area contributed by atoms with Crippen molar-refractivity contribution in [2.24, 2.45) is 10.9 Å². The minimum atomic E-state index is -0.177. The van der Waals surface area contributed by atoms with Crippen molar-refractivity contribution < 1.29 is 4.79 Å². The van der Waals surface area contributed by atoms with Crippen LogP contribution in [0.15, 0.2) is 108 Å². The van der Waals surface area contributed by atoms with Gasteiger partial charge in [-0.05, 0) is 33.1 Å². The Morgan fingerprint density at radius 3 is 1.78 bits per heavy atom. The van der Waals surface area contributed by atoms with Gasteiger partial charge in [-0.2, -0.15) is 0 Å². The number of benzene rings is 3. The van der Waals surface area contributed by atoms with Gasteiger partial charge in [0.25, 0.3) is 0 Å². The summed E-state index contributed by atoms with van der Waals surface area (Å²) < 4.78 is 0. The maximum absolute atomic E-state index is 13.7. The summed E-state index contributed by atoms with van der Waals surface area (Å²) in [6, 6.07) is 27.0. The molecule has 0 saturated heterocycles. The van der Waals surface area contributed by atoms with Gasteiger partial charge in [-0.15, -0.1) is 0 Å². The fourth-order valence-corrected chi connectivity index (χ4v) is 4.49. The van der Waals surface area contributed by atoms with Crippen LogP contribution in [0.4, 0.5) is 0 Å². The third-order valence-electron chi connectivity index (χ3n) is 6.81. The molecule has 0 aromatic heterocycles. The Bertz CT molecular complexity index is 1290. The van der Waals surface area contributed by atoms with Crippen LogP contribution in [0.2, 0.25) is 0 Å². The SMILES string of the molecule is CC(C)(C)c1ccc(C(=O)C2=CC=CC2C(=NCc2ccccc2)c2ccc(C(C)(C)C)cc2)cc1. The third kappa shape index (κ3) is 5.82. The van der Waals surface area contributed by atoms with Crippen molar-refractivity contribution >= 4 is 11.5 Å². The van der Waals surface area contributed by atoms with E-state index in [1.807, 2.05) is 42.5 Å². The molecule has 2 nitrogen and oxygen atoms in total. The second-order valence-electron chi connectivity index (χ2n) is 11.7. The average Bonchev–Trinajstić information content (AvgIpc) is 3.33. The fraction of sp³-hybridized carbons (Fsp3) is 0.294. The molecule has 3 aromatic rings. The van der Waals surface area contributed by atoms with E-state index in [1.165, 1.54) is 11.1 Å². The molecular weight excluding hydrogens is 438 g/mol. The predicted octanol–water partition coefficient (Wildman–Crippen LogP) is 8.27. The first-order valence-electron chi connectivity index (χ1n) is 12.8. The Morgan fingerprint density at radius 2 is 1.25 bits per heavy atom. The van der Waals surface area contributed by atoms with Crippen molar-refractivity contribution in [1.29, 1.82) is 0 Å². The highest BCUT2D eigenvalue weighted by molar-refractivity contribution is 6.17. The van der Waals surface area contributed by atoms with Crippen LogP contribution < -0.4 is 0 Å². The normalized spacial score (nSPS) is 16.2. The molecule has 1 unspecified atom stereocenters. The van der Waals surface area contributed by atoms with Crippen LogP contribution in [-0.4, -0.2) is 11.5 Å². The van der Waals surface area contributed by atoms with E-state index in [0.29, 0.717) is 12.1 Å². The minimum absolute atomic E-state index is 0.0504. The molecule has 0 spiro atoms. The minimum Gasteiger partial charge on any atom is -0.289 e. The van der Waals surface area contributed by atoms with E-state index in [2.05, 4.69) is 96.1 Å². The van der Waals surface area contributed by atoms with Crippen LogP contribution in [0.3, 0.4) is 0 Å². The lowest BCUT2D eigenvalue weighted by Gasteiger charge is -2.21. The molecule has 0 fully saturated rings. The zero-order valence-electron chi connectivity index (χ0n) is 22.4. The van der Waals surface area contributed by atoms with Crippen LogP contribution in [0.25, 0.3) is 0 Å². The molecule has 36 heavy (non-hydrogen) atoms. The number of rotatable bonds is 6. The van der Waals surface area contributed by atoms with Gasteiger partial charge in [-0.25, -0.2) is 0 Å². The Kier molecular flexibility index (Phi) is 7.26. The molecule has 0 saturated carbocycles. The van der Waals surface area contributed by atoms with Gasteiger partial charge in [0.2, 0.25) is 0 Å². The molecule has 4 rings (SSSR count). The summed E-state index contributed by atoms with van der Waals surface area (Å²) in [7, 11) is 0. The quantitative estimate of drug-likeness (QED) is 0.261. The zero-order chi connectivity index (χ0) is 25.9. The number of carbonyl (C=O) groups excluding carboxylic acids is 1. The first-order valence-corrected chi connectivity index (χ1v) is 12.8. The highest BCUT2D eigenvalue weighted by atomic mass is 16.1. The molecule has 1 aliphatic carbocycles. The second kappa shape index (κ2) is 10.2. The summed E-state index contributed by atoms with van der Waals surface area (Å²) in [6.45, 7) is 13.8. The Labute approximate surface area is 216 Å². The van der Waals surface area contributed by atoms with E-state index in [4.69, 9.17) is 4.99 Å². The molecule has 0 bridgehead atoms. The van der Waals surface area contributed by atoms with Crippen molar-refractivity contribution in [3.05, 3.63) is 130 Å². The van der Waals surface area contributed by atoms with Gasteiger partial charge < -0.3 is 0 Å². The van der Waals surface area contributed by atoms with Crippen LogP contribution in [0.1, 0.15) is 74.2 Å². The monoisotopic (exact) mass is 475 g/mol. The van der Waals surface area contributed by atoms with E-state index in [9.17, 15) is 4.79 Å². The number of Topliss-reactive ketones (excluding diaryl/α,β-unsaturated/α-hetero) is 1. The molecule has 1 atom stereocenters. The molecule has 2 heteroatoms. The third-order valence-corrected chi connectivity index (χ3v) is 6.81. The number of carbonyl (C=O) groups is 1. The van der Waals surface area contributed by atoms with Gasteiger partial charge in [0.1, 0.15) is 0 Å². The second-order valence-corrected chi connectivity index (χ2v) is 11.7. The lowest BCUT2D eigenvalue weighted by atomic mass is 9.83. The summed E-state index contributed by atoms with van der Waals surface area (Å²) in [5.41, 5.74) is 7.25. The van der Waals surface area contributed by atoms with E-state index in [0.717, 1.165) is 22.4 Å². The smallest absolute Gasteiger partial charge is 0.190 e. The molecule has 0 aliphatic heterocycles. The Hall–Kier alpha value is -3.52. The number of allylic oxidation sites excluding steroid dienone is 4. The number of aliphatic imine (C=N–C) groups is 1. The summed E-state index contributed by atoms with van der Waals surface area (Å²) in [4.78, 5) is 18.7. The molecule has 1 aliphatic rings. The number of hydrogen-bond donors (Lipinski definition) is 0. The largest absolute Gasteiger partial charge is 0.289 e. The first-order chi connectivity index (χ1) is 17.0. The molecule has 184 valence electrons. The maximum Gasteiger partial charge on any atom is 0.190 e. The first kappa shape index (κ1) is 25.6. The standard InChI is InChI=1S/C34H37NO/c1-33(2,3)27-19-15-25(16-20-27)31(35-23-24-11-8-7-9-12-24)29-13-10-14-30(29)32(36)26-17-21-28(22-18-26)34(4,5)6/h7-22,29H,23H2,1-6H3. The molecule has 0 radical (unpaired) electrons. The van der Waals surface area contributed by atoms with Gasteiger partial charge in [-0.1, -0.05) is 139 Å². The van der Waals surface area contributed by atoms with Gasteiger partial charge in [-0.3, -0.25) is 9.79 Å². The Morgan fingerprint density at radius 1 is 0.722 bits per heavy atom. The van der Waals surface area contributed by atoms with E-state index in [1.54, 1.807) is 0 Å². The van der Waals surface area contributed by atoms with Crippen LogP contribution >= 0.6 is 0 Å². The zero-order valence-corrected chi connectivity index (χ0v) is 22.4. The van der Waals surface area contributed by atoms with Crippen molar-refractivity contribution in [2.45, 2.75) is 58.9 Å². The predicted molar refractivity (Wildman–Crippen MR) is 152 cm³/mol. The highest BCUT2D eigenvalue weighted by Crippen LogP contribution is 2.30. The van der Waals surface area contributed by atoms with E-state index < -0.39 is 0 Å². The maximum atomic E-state index is 13.7. The van der Waals surface area contributed by atoms with Crippen LogP contribution in [0, 0.1) is 5.92 Å². The molecular formula is C34H37NO. The molecule has 3 aromatic carbocycles. The van der Waals surface area contributed by atoms with Gasteiger partial charge in [0.15, 0.2) is 5.78 Å². The van der Waals surface area contributed by atoms with E-state index in [-0.39, 0.29) is 22.5 Å². The van der Waals surface area contributed by atoms with Crippen molar-refractivity contribution in [3.8, 4) is 0 Å². The lowest BCUT2D eigenvalue weighted by molar-refractivity contribution is 0.103. The molecule has 0 amide bonds. The number of ketones is 1. The van der Waals surface area contributed by atoms with Crippen LogP contribution in [-0.2, 0) is 17.4 Å². The molecule has 0 heterocycles. The fourth-order valence-electron chi connectivity index (χ4n) is 4.49. The van der Waals surface area contributed by atoms with Gasteiger partial charge >= 0.3 is 0 Å². The average molecular weight is 476 g/mol. The summed E-state index contributed by atoms with van der Waals surface area (Å²) in [5.74, 6) is -0.117. The Balaban J connectivity index is 1.68. The van der Waals surface area contributed by atoms with Gasteiger partial charge in [0, 0.05) is 17.1 Å². The van der Waals surface area contributed by atoms with Crippen molar-refractivity contribution in [1.82, 2.24) is 0 Å².